The van der Waals surface area contributed by atoms with Crippen LogP contribution in [0.25, 0.3) is 0 Å². The molecule has 0 heterocycles. The summed E-state index contributed by atoms with van der Waals surface area (Å²) in [6, 6.07) is 1.89. The number of nitrogens with zero attached hydrogens (tertiary/aromatic N) is 2. The van der Waals surface area contributed by atoms with Gasteiger partial charge in [0.2, 0.25) is 0 Å². The van der Waals surface area contributed by atoms with Crippen molar-refractivity contribution in [1.82, 2.24) is 0 Å². The number of hydrogen-bond donors (Lipinski definition) is 2. The maximum Gasteiger partial charge on any atom is 0.308 e. The second-order valence-electron chi connectivity index (χ2n) is 5.76. The Labute approximate surface area is 148 Å². The third-order valence-electron chi connectivity index (χ3n) is 4.19. The molecule has 0 spiro atoms. The van der Waals surface area contributed by atoms with Crippen molar-refractivity contribution in [2.45, 2.75) is 43.5 Å². The highest BCUT2D eigenvalue weighted by Gasteiger charge is 2.33. The second kappa shape index (κ2) is 8.15. The van der Waals surface area contributed by atoms with E-state index in [2.05, 4.69) is 5.32 Å². The van der Waals surface area contributed by atoms with Crippen molar-refractivity contribution < 1.29 is 19.7 Å². The number of nitro benzene ring substituents is 2. The highest BCUT2D eigenvalue weighted by molar-refractivity contribution is 7.99. The van der Waals surface area contributed by atoms with Crippen molar-refractivity contribution in [2.75, 3.05) is 11.1 Å². The molecule has 136 valence electrons. The maximum absolute atomic E-state index is 11.4. The molecule has 0 bridgehead atoms. The first-order chi connectivity index (χ1) is 11.8. The van der Waals surface area contributed by atoms with Crippen molar-refractivity contribution in [3.63, 3.8) is 0 Å². The lowest BCUT2D eigenvalue weighted by molar-refractivity contribution is -0.395. The van der Waals surface area contributed by atoms with Gasteiger partial charge in [0.1, 0.15) is 5.69 Å². The van der Waals surface area contributed by atoms with Crippen LogP contribution in [0.1, 0.15) is 32.6 Å². The predicted octanol–water partition coefficient (Wildman–Crippen LogP) is 3.67. The van der Waals surface area contributed by atoms with Crippen molar-refractivity contribution in [1.29, 1.82) is 0 Å². The number of carboxylic acid groups (broad SMARTS) is 1. The van der Waals surface area contributed by atoms with E-state index in [0.717, 1.165) is 18.9 Å². The number of thioether (sulfide) groups is 1. The summed E-state index contributed by atoms with van der Waals surface area (Å²) in [5, 5.41) is 34.9. The highest BCUT2D eigenvalue weighted by atomic mass is 32.2. The molecule has 0 amide bonds. The molecule has 2 rings (SSSR count). The van der Waals surface area contributed by atoms with E-state index < -0.39 is 33.5 Å². The Morgan fingerprint density at radius 2 is 1.88 bits per heavy atom. The molecule has 1 aromatic rings. The normalized spacial score (nSPS) is 20.0. The van der Waals surface area contributed by atoms with Gasteiger partial charge in [0.25, 0.3) is 11.4 Å². The van der Waals surface area contributed by atoms with Crippen LogP contribution in [0.2, 0.25) is 0 Å². The van der Waals surface area contributed by atoms with Gasteiger partial charge in [-0.05, 0) is 24.7 Å². The lowest BCUT2D eigenvalue weighted by atomic mass is 9.84. The van der Waals surface area contributed by atoms with Crippen LogP contribution in [-0.4, -0.2) is 32.7 Å². The highest BCUT2D eigenvalue weighted by Crippen LogP contribution is 2.39. The monoisotopic (exact) mass is 369 g/mol. The number of rotatable bonds is 7. The Morgan fingerprint density at radius 3 is 2.44 bits per heavy atom. The first kappa shape index (κ1) is 19.0. The van der Waals surface area contributed by atoms with E-state index in [-0.39, 0.29) is 11.4 Å². The number of nitrogens with one attached hydrogen (secondary N) is 1. The number of carbonyl (C=O) groups is 1. The van der Waals surface area contributed by atoms with E-state index in [1.165, 1.54) is 17.8 Å². The van der Waals surface area contributed by atoms with Crippen molar-refractivity contribution in [3.8, 4) is 0 Å². The molecule has 2 N–H and O–H groups in total. The topological polar surface area (TPSA) is 136 Å². The van der Waals surface area contributed by atoms with Crippen LogP contribution >= 0.6 is 11.8 Å². The molecule has 1 saturated carbocycles. The minimum absolute atomic E-state index is 0.129. The van der Waals surface area contributed by atoms with E-state index in [4.69, 9.17) is 0 Å². The zero-order chi connectivity index (χ0) is 18.6. The van der Waals surface area contributed by atoms with E-state index in [1.807, 2.05) is 6.92 Å². The molecule has 1 aromatic carbocycles. The van der Waals surface area contributed by atoms with E-state index in [1.54, 1.807) is 0 Å². The van der Waals surface area contributed by atoms with Gasteiger partial charge >= 0.3 is 5.97 Å². The summed E-state index contributed by atoms with van der Waals surface area (Å²) in [6.45, 7) is 1.82. The van der Waals surface area contributed by atoms with Crippen LogP contribution in [0.3, 0.4) is 0 Å². The van der Waals surface area contributed by atoms with Crippen molar-refractivity contribution in [2.24, 2.45) is 5.92 Å². The van der Waals surface area contributed by atoms with E-state index >= 15 is 0 Å². The van der Waals surface area contributed by atoms with Crippen LogP contribution < -0.4 is 5.32 Å². The Bertz CT molecular complexity index is 696. The van der Waals surface area contributed by atoms with Crippen molar-refractivity contribution >= 4 is 34.8 Å². The Kier molecular flexibility index (Phi) is 6.18. The molecule has 1 aliphatic carbocycles. The zero-order valence-corrected chi connectivity index (χ0v) is 14.5. The molecular formula is C15H19N3O6S. The SMILES string of the molecule is CCSc1cc(N[C@H]2CCCC[C@H]2C(=O)O)c([N+](=O)[O-])cc1[N+](=O)[O-]. The van der Waals surface area contributed by atoms with Crippen molar-refractivity contribution in [3.05, 3.63) is 32.4 Å². The standard InChI is InChI=1S/C15H19N3O6S/c1-2-25-14-7-11(12(17(21)22)8-13(14)18(23)24)16-10-6-4-3-5-9(10)15(19)20/h7-10,16H,2-6H2,1H3,(H,19,20)/t9-,10+/m1/s1. The van der Waals surface area contributed by atoms with Gasteiger partial charge in [-0.25, -0.2) is 0 Å². The average Bonchev–Trinajstić information content (AvgIpc) is 2.55. The van der Waals surface area contributed by atoms with Gasteiger partial charge in [0, 0.05) is 6.04 Å². The van der Waals surface area contributed by atoms with Gasteiger partial charge in [-0.1, -0.05) is 19.8 Å². The van der Waals surface area contributed by atoms with Crippen LogP contribution in [-0.2, 0) is 4.79 Å². The van der Waals surface area contributed by atoms with Crippen LogP contribution in [0, 0.1) is 26.1 Å². The van der Waals surface area contributed by atoms with Crippen LogP contribution in [0.15, 0.2) is 17.0 Å². The molecule has 0 aliphatic heterocycles. The molecule has 0 aromatic heterocycles. The number of aliphatic carboxylic acids is 1. The summed E-state index contributed by atoms with van der Waals surface area (Å²) in [7, 11) is 0. The number of hydrogen-bond acceptors (Lipinski definition) is 7. The molecule has 1 aliphatic rings. The lowest BCUT2D eigenvalue weighted by Gasteiger charge is -2.30. The summed E-state index contributed by atoms with van der Waals surface area (Å²) >= 11 is 1.21. The van der Waals surface area contributed by atoms with E-state index in [9.17, 15) is 30.1 Å². The number of carboxylic acids is 1. The number of benzene rings is 1. The third kappa shape index (κ3) is 4.38. The minimum Gasteiger partial charge on any atom is -0.481 e. The van der Waals surface area contributed by atoms with Crippen LogP contribution in [0.5, 0.6) is 0 Å². The van der Waals surface area contributed by atoms with E-state index in [0.29, 0.717) is 23.5 Å². The van der Waals surface area contributed by atoms with Gasteiger partial charge < -0.3 is 10.4 Å². The lowest BCUT2D eigenvalue weighted by Crippen LogP contribution is -2.37. The summed E-state index contributed by atoms with van der Waals surface area (Å²) in [6.07, 6.45) is 2.72. The molecule has 25 heavy (non-hydrogen) atoms. The summed E-state index contributed by atoms with van der Waals surface area (Å²) in [5.74, 6) is -1.00. The molecule has 2 atom stereocenters. The molecule has 9 nitrogen and oxygen atoms in total. The zero-order valence-electron chi connectivity index (χ0n) is 13.6. The third-order valence-corrected chi connectivity index (χ3v) is 5.12. The van der Waals surface area contributed by atoms with Gasteiger partial charge in [-0.3, -0.25) is 25.0 Å². The average molecular weight is 369 g/mol. The largest absolute Gasteiger partial charge is 0.481 e. The predicted molar refractivity (Wildman–Crippen MR) is 93.2 cm³/mol. The molecule has 0 saturated heterocycles. The molecular weight excluding hydrogens is 350 g/mol. The smallest absolute Gasteiger partial charge is 0.308 e. The summed E-state index contributed by atoms with van der Waals surface area (Å²) in [5.41, 5.74) is -0.603. The second-order valence-corrected chi connectivity index (χ2v) is 7.07. The van der Waals surface area contributed by atoms with Gasteiger partial charge in [0.15, 0.2) is 0 Å². The molecule has 10 heteroatoms. The molecule has 0 radical (unpaired) electrons. The fourth-order valence-electron chi connectivity index (χ4n) is 3.04. The molecule has 1 fully saturated rings. The first-order valence-corrected chi connectivity index (χ1v) is 8.92. The summed E-state index contributed by atoms with van der Waals surface area (Å²) < 4.78 is 0. The fourth-order valence-corrected chi connectivity index (χ4v) is 3.83. The number of nitro groups is 2. The first-order valence-electron chi connectivity index (χ1n) is 7.94. The maximum atomic E-state index is 11.4. The Hall–Kier alpha value is -2.36. The van der Waals surface area contributed by atoms with Crippen LogP contribution in [0.4, 0.5) is 17.1 Å². The minimum atomic E-state index is -0.940. The number of anilines is 1. The quantitative estimate of drug-likeness (QED) is 0.422. The summed E-state index contributed by atoms with van der Waals surface area (Å²) in [4.78, 5) is 32.9. The van der Waals surface area contributed by atoms with Gasteiger partial charge in [-0.2, -0.15) is 0 Å². The Balaban J connectivity index is 2.43. The van der Waals surface area contributed by atoms with Gasteiger partial charge in [0.05, 0.1) is 26.7 Å². The molecule has 0 unspecified atom stereocenters. The fraction of sp³-hybridized carbons (Fsp3) is 0.533. The van der Waals surface area contributed by atoms with Gasteiger partial charge in [-0.15, -0.1) is 11.8 Å². The Morgan fingerprint density at radius 1 is 1.24 bits per heavy atom.